The Hall–Kier alpha value is -2.42. The smallest absolute Gasteiger partial charge is 0.237 e. The summed E-state index contributed by atoms with van der Waals surface area (Å²) in [7, 11) is 0. The first kappa shape index (κ1) is 23.7. The maximum atomic E-state index is 13.4. The van der Waals surface area contributed by atoms with Crippen molar-refractivity contribution in [1.82, 2.24) is 19.7 Å². The number of likely N-dealkylation sites (tertiary alicyclic amines) is 1. The maximum Gasteiger partial charge on any atom is 0.237 e. The van der Waals surface area contributed by atoms with Crippen LogP contribution in [0, 0.1) is 5.82 Å². The minimum Gasteiger partial charge on any atom is -0.325 e. The van der Waals surface area contributed by atoms with Gasteiger partial charge in [-0.15, -0.1) is 10.2 Å². The molecule has 4 rings (SSSR count). The van der Waals surface area contributed by atoms with E-state index in [4.69, 9.17) is 11.6 Å². The lowest BCUT2D eigenvalue weighted by Gasteiger charge is -2.26. The number of nitrogens with one attached hydrogen (secondary N) is 1. The first-order chi connectivity index (χ1) is 16.0. The number of rotatable bonds is 8. The second-order valence-electron chi connectivity index (χ2n) is 8.19. The molecule has 1 N–H and O–H groups in total. The summed E-state index contributed by atoms with van der Waals surface area (Å²) >= 11 is 7.19. The lowest BCUT2D eigenvalue weighted by atomic mass is 10.1. The summed E-state index contributed by atoms with van der Waals surface area (Å²) in [5.74, 6) is 0.169. The van der Waals surface area contributed by atoms with Gasteiger partial charge in [0, 0.05) is 5.69 Å². The van der Waals surface area contributed by atoms with Gasteiger partial charge in [0.15, 0.2) is 5.16 Å². The molecule has 0 bridgehead atoms. The van der Waals surface area contributed by atoms with Gasteiger partial charge in [-0.2, -0.15) is 0 Å². The molecular formula is C24H27ClFN5OS. The minimum absolute atomic E-state index is 0.0296. The molecule has 33 heavy (non-hydrogen) atoms. The van der Waals surface area contributed by atoms with Gasteiger partial charge in [-0.1, -0.05) is 60.1 Å². The van der Waals surface area contributed by atoms with Crippen molar-refractivity contribution in [1.29, 1.82) is 0 Å². The second-order valence-corrected chi connectivity index (χ2v) is 9.90. The number of aromatic nitrogens is 3. The Morgan fingerprint density at radius 2 is 1.88 bits per heavy atom. The largest absolute Gasteiger partial charge is 0.325 e. The number of hydrogen-bond acceptors (Lipinski definition) is 5. The van der Waals surface area contributed by atoms with Crippen LogP contribution >= 0.6 is 23.4 Å². The van der Waals surface area contributed by atoms with Gasteiger partial charge < -0.3 is 9.88 Å². The highest BCUT2D eigenvalue weighted by atomic mass is 35.5. The molecule has 3 aromatic rings. The molecule has 1 aromatic heterocycles. The number of carbonyl (C=O) groups is 1. The topological polar surface area (TPSA) is 63.1 Å². The summed E-state index contributed by atoms with van der Waals surface area (Å²) in [6.07, 6.45) is 3.69. The summed E-state index contributed by atoms with van der Waals surface area (Å²) in [5, 5.41) is 11.9. The molecular weight excluding hydrogens is 461 g/mol. The van der Waals surface area contributed by atoms with E-state index in [1.54, 1.807) is 0 Å². The molecule has 0 radical (unpaired) electrons. The van der Waals surface area contributed by atoms with E-state index < -0.39 is 11.1 Å². The van der Waals surface area contributed by atoms with Crippen LogP contribution in [0.25, 0.3) is 0 Å². The standard InChI is InChI=1S/C24H27ClFN5OS/c1-17(23(32)27-19-10-11-21(26)20(25)14-19)33-24-29-28-22(16-30-12-6-3-7-13-30)31(24)15-18-8-4-2-5-9-18/h2,4-5,8-11,14,17H,3,6-7,12-13,15-16H2,1H3,(H,27,32). The van der Waals surface area contributed by atoms with Gasteiger partial charge in [0.1, 0.15) is 11.6 Å². The van der Waals surface area contributed by atoms with Gasteiger partial charge in [-0.05, 0) is 56.6 Å². The van der Waals surface area contributed by atoms with E-state index in [1.807, 2.05) is 25.1 Å². The highest BCUT2D eigenvalue weighted by molar-refractivity contribution is 8.00. The zero-order chi connectivity index (χ0) is 23.2. The molecule has 1 aliphatic heterocycles. The van der Waals surface area contributed by atoms with Crippen LogP contribution in [0.4, 0.5) is 10.1 Å². The van der Waals surface area contributed by atoms with Gasteiger partial charge in [-0.3, -0.25) is 9.69 Å². The molecule has 1 fully saturated rings. The Bertz CT molecular complexity index is 1090. The normalized spacial score (nSPS) is 15.4. The number of nitrogens with zero attached hydrogens (tertiary/aromatic N) is 4. The minimum atomic E-state index is -0.521. The molecule has 0 aliphatic carbocycles. The van der Waals surface area contributed by atoms with E-state index in [0.29, 0.717) is 17.4 Å². The Morgan fingerprint density at radius 1 is 1.12 bits per heavy atom. The van der Waals surface area contributed by atoms with Crippen molar-refractivity contribution in [3.05, 3.63) is 70.8 Å². The lowest BCUT2D eigenvalue weighted by Crippen LogP contribution is -2.30. The van der Waals surface area contributed by atoms with E-state index in [9.17, 15) is 9.18 Å². The first-order valence-electron chi connectivity index (χ1n) is 11.1. The van der Waals surface area contributed by atoms with E-state index in [0.717, 1.165) is 31.0 Å². The average molecular weight is 488 g/mol. The third kappa shape index (κ3) is 6.34. The van der Waals surface area contributed by atoms with Crippen molar-refractivity contribution >= 4 is 35.0 Å². The van der Waals surface area contributed by atoms with Crippen molar-refractivity contribution in [3.63, 3.8) is 0 Å². The van der Waals surface area contributed by atoms with Crippen LogP contribution in [0.1, 0.15) is 37.6 Å². The number of carbonyl (C=O) groups excluding carboxylic acids is 1. The van der Waals surface area contributed by atoms with E-state index >= 15 is 0 Å². The van der Waals surface area contributed by atoms with Gasteiger partial charge in [0.05, 0.1) is 23.4 Å². The summed E-state index contributed by atoms with van der Waals surface area (Å²) in [6.45, 7) is 5.34. The average Bonchev–Trinajstić information content (AvgIpc) is 3.18. The summed E-state index contributed by atoms with van der Waals surface area (Å²) < 4.78 is 15.5. The van der Waals surface area contributed by atoms with Crippen LogP contribution in [-0.4, -0.2) is 43.9 Å². The van der Waals surface area contributed by atoms with Crippen LogP contribution in [0.15, 0.2) is 53.7 Å². The lowest BCUT2D eigenvalue weighted by molar-refractivity contribution is -0.115. The fraction of sp³-hybridized carbons (Fsp3) is 0.375. The monoisotopic (exact) mass is 487 g/mol. The molecule has 1 aliphatic rings. The van der Waals surface area contributed by atoms with Crippen LogP contribution in [0.3, 0.4) is 0 Å². The highest BCUT2D eigenvalue weighted by Gasteiger charge is 2.22. The van der Waals surface area contributed by atoms with Crippen molar-refractivity contribution in [3.8, 4) is 0 Å². The fourth-order valence-electron chi connectivity index (χ4n) is 3.79. The van der Waals surface area contributed by atoms with E-state index in [-0.39, 0.29) is 10.9 Å². The zero-order valence-electron chi connectivity index (χ0n) is 18.5. The first-order valence-corrected chi connectivity index (χ1v) is 12.4. The maximum absolute atomic E-state index is 13.4. The number of anilines is 1. The van der Waals surface area contributed by atoms with E-state index in [1.165, 1.54) is 49.2 Å². The molecule has 2 aromatic carbocycles. The number of amides is 1. The number of thioether (sulfide) groups is 1. The third-order valence-corrected chi connectivity index (χ3v) is 7.00. The van der Waals surface area contributed by atoms with Crippen LogP contribution in [-0.2, 0) is 17.9 Å². The molecule has 1 unspecified atom stereocenters. The number of halogens is 2. The van der Waals surface area contributed by atoms with E-state index in [2.05, 4.69) is 37.1 Å². The molecule has 174 valence electrons. The Labute approximate surface area is 202 Å². The molecule has 1 saturated heterocycles. The molecule has 1 amide bonds. The fourth-order valence-corrected chi connectivity index (χ4v) is 4.84. The molecule has 1 atom stereocenters. The van der Waals surface area contributed by atoms with Crippen molar-refractivity contribution in [2.75, 3.05) is 18.4 Å². The SMILES string of the molecule is CC(Sc1nnc(CN2CCCCC2)n1Cc1ccccc1)C(=O)Nc1ccc(F)c(Cl)c1. The molecule has 0 spiro atoms. The highest BCUT2D eigenvalue weighted by Crippen LogP contribution is 2.26. The van der Waals surface area contributed by atoms with Crippen LogP contribution in [0.2, 0.25) is 5.02 Å². The van der Waals surface area contributed by atoms with Crippen molar-refractivity contribution in [2.24, 2.45) is 0 Å². The summed E-state index contributed by atoms with van der Waals surface area (Å²) in [4.78, 5) is 15.2. The molecule has 2 heterocycles. The molecule has 0 saturated carbocycles. The second kappa shape index (κ2) is 11.1. The predicted octanol–water partition coefficient (Wildman–Crippen LogP) is 5.22. The Morgan fingerprint density at radius 3 is 2.61 bits per heavy atom. The summed E-state index contributed by atoms with van der Waals surface area (Å²) in [6, 6.07) is 14.3. The zero-order valence-corrected chi connectivity index (χ0v) is 20.1. The van der Waals surface area contributed by atoms with Gasteiger partial charge in [0.25, 0.3) is 0 Å². The molecule has 6 nitrogen and oxygen atoms in total. The number of hydrogen-bond donors (Lipinski definition) is 1. The van der Waals surface area contributed by atoms with Crippen molar-refractivity contribution in [2.45, 2.75) is 49.7 Å². The van der Waals surface area contributed by atoms with Crippen LogP contribution in [0.5, 0.6) is 0 Å². The van der Waals surface area contributed by atoms with Crippen LogP contribution < -0.4 is 5.32 Å². The quantitative estimate of drug-likeness (QED) is 0.441. The summed E-state index contributed by atoms with van der Waals surface area (Å²) in [5.41, 5.74) is 1.60. The third-order valence-electron chi connectivity index (χ3n) is 5.63. The van der Waals surface area contributed by atoms with Crippen molar-refractivity contribution < 1.29 is 9.18 Å². The molecule has 9 heteroatoms. The predicted molar refractivity (Wildman–Crippen MR) is 130 cm³/mol. The van der Waals surface area contributed by atoms with Gasteiger partial charge >= 0.3 is 0 Å². The number of piperidine rings is 1. The Balaban J connectivity index is 1.50. The van der Waals surface area contributed by atoms with Gasteiger partial charge in [-0.25, -0.2) is 4.39 Å². The Kier molecular flexibility index (Phi) is 8.01. The number of benzene rings is 2. The van der Waals surface area contributed by atoms with Gasteiger partial charge in [0.2, 0.25) is 5.91 Å².